The van der Waals surface area contributed by atoms with Crippen LogP contribution in [-0.2, 0) is 9.53 Å². The number of ether oxygens (including phenoxy) is 1. The smallest absolute Gasteiger partial charge is 0.302 e. The molecule has 10 unspecified atom stereocenters. The van der Waals surface area contributed by atoms with E-state index in [1.807, 2.05) is 0 Å². The Morgan fingerprint density at radius 2 is 1.80 bits per heavy atom. The van der Waals surface area contributed by atoms with Gasteiger partial charge in [0.1, 0.15) is 12.2 Å². The van der Waals surface area contributed by atoms with E-state index in [0.717, 1.165) is 19.3 Å². The second-order valence-corrected chi connectivity index (χ2v) is 13.4. The Labute approximate surface area is 212 Å². The van der Waals surface area contributed by atoms with Gasteiger partial charge in [0, 0.05) is 18.8 Å². The van der Waals surface area contributed by atoms with Gasteiger partial charge in [-0.15, -0.1) is 0 Å². The predicted octanol–water partition coefficient (Wildman–Crippen LogP) is 5.26. The highest BCUT2D eigenvalue weighted by Gasteiger charge is 2.69. The minimum absolute atomic E-state index is 0.143. The standard InChI is InChI=1S/C30H50O5/c1-18(2)19(3)7-8-20(4)24-9-10-25-23-15-27(33)30(34)16-22(32)11-14-29(30,17-35-21(5)31)26(23)12-13-28(24,25)6/h18,20,22-27,32-34H,3,7-17H2,1-2,4-6H3. The van der Waals surface area contributed by atoms with Gasteiger partial charge in [0.25, 0.3) is 0 Å². The lowest BCUT2D eigenvalue weighted by atomic mass is 9.42. The Morgan fingerprint density at radius 3 is 2.46 bits per heavy atom. The van der Waals surface area contributed by atoms with E-state index < -0.39 is 23.2 Å². The maximum Gasteiger partial charge on any atom is 0.302 e. The number of aliphatic hydroxyl groups is 3. The molecule has 0 aromatic rings. The Kier molecular flexibility index (Phi) is 7.57. The van der Waals surface area contributed by atoms with Crippen LogP contribution < -0.4 is 0 Å². The summed E-state index contributed by atoms with van der Waals surface area (Å²) in [6.45, 7) is 15.2. The van der Waals surface area contributed by atoms with Crippen LogP contribution in [0.25, 0.3) is 0 Å². The van der Waals surface area contributed by atoms with Crippen molar-refractivity contribution in [2.24, 2.45) is 46.3 Å². The molecule has 4 fully saturated rings. The molecule has 0 aliphatic heterocycles. The summed E-state index contributed by atoms with van der Waals surface area (Å²) in [4.78, 5) is 11.8. The van der Waals surface area contributed by atoms with Crippen molar-refractivity contribution >= 4 is 5.97 Å². The number of hydrogen-bond acceptors (Lipinski definition) is 5. The SMILES string of the molecule is C=C(CCC(C)C1CCC2C3CC(O)C4(O)CC(O)CCC4(COC(C)=O)C3CCC12C)C(C)C. The Morgan fingerprint density at radius 1 is 1.09 bits per heavy atom. The minimum Gasteiger partial charge on any atom is -0.465 e. The van der Waals surface area contributed by atoms with Crippen LogP contribution in [0.15, 0.2) is 12.2 Å². The summed E-state index contributed by atoms with van der Waals surface area (Å²) in [5.41, 5.74) is -0.495. The van der Waals surface area contributed by atoms with Crippen molar-refractivity contribution in [3.05, 3.63) is 12.2 Å². The summed E-state index contributed by atoms with van der Waals surface area (Å²) in [6.07, 6.45) is 7.21. The molecule has 0 bridgehead atoms. The zero-order chi connectivity index (χ0) is 25.8. The highest BCUT2D eigenvalue weighted by molar-refractivity contribution is 5.66. The van der Waals surface area contributed by atoms with Gasteiger partial charge in [0.05, 0.1) is 12.2 Å². The van der Waals surface area contributed by atoms with E-state index in [1.54, 1.807) is 0 Å². The van der Waals surface area contributed by atoms with Crippen molar-refractivity contribution in [2.75, 3.05) is 6.61 Å². The summed E-state index contributed by atoms with van der Waals surface area (Å²) in [6, 6.07) is 0. The highest BCUT2D eigenvalue weighted by Crippen LogP contribution is 2.69. The van der Waals surface area contributed by atoms with E-state index in [4.69, 9.17) is 4.74 Å². The lowest BCUT2D eigenvalue weighted by molar-refractivity contribution is -0.282. The van der Waals surface area contributed by atoms with E-state index in [0.29, 0.717) is 48.9 Å². The summed E-state index contributed by atoms with van der Waals surface area (Å²) < 4.78 is 5.61. The molecule has 0 aromatic carbocycles. The first-order chi connectivity index (χ1) is 16.4. The van der Waals surface area contributed by atoms with Gasteiger partial charge >= 0.3 is 5.97 Å². The number of carbonyl (C=O) groups excluding carboxylic acids is 1. The van der Waals surface area contributed by atoms with Gasteiger partial charge in [-0.25, -0.2) is 0 Å². The number of fused-ring (bicyclic) bond motifs is 5. The van der Waals surface area contributed by atoms with Crippen molar-refractivity contribution < 1.29 is 24.9 Å². The summed E-state index contributed by atoms with van der Waals surface area (Å²) in [5.74, 6) is 2.54. The van der Waals surface area contributed by atoms with Gasteiger partial charge in [-0.1, -0.05) is 39.8 Å². The third-order valence-corrected chi connectivity index (χ3v) is 11.6. The van der Waals surface area contributed by atoms with Gasteiger partial charge in [-0.05, 0) is 98.7 Å². The van der Waals surface area contributed by atoms with Crippen molar-refractivity contribution in [3.63, 3.8) is 0 Å². The Hall–Kier alpha value is -0.910. The molecule has 0 heterocycles. The van der Waals surface area contributed by atoms with E-state index in [9.17, 15) is 20.1 Å². The van der Waals surface area contributed by atoms with Gasteiger partial charge < -0.3 is 20.1 Å². The van der Waals surface area contributed by atoms with Crippen LogP contribution in [0.5, 0.6) is 0 Å². The molecule has 0 radical (unpaired) electrons. The molecule has 0 aromatic heterocycles. The number of esters is 1. The number of rotatable bonds is 7. The highest BCUT2D eigenvalue weighted by atomic mass is 16.5. The largest absolute Gasteiger partial charge is 0.465 e. The molecule has 4 aliphatic carbocycles. The molecule has 4 saturated carbocycles. The fourth-order valence-corrected chi connectivity index (χ4v) is 9.45. The van der Waals surface area contributed by atoms with Gasteiger partial charge in [0.2, 0.25) is 0 Å². The van der Waals surface area contributed by atoms with Gasteiger partial charge in [-0.3, -0.25) is 4.79 Å². The maximum absolute atomic E-state index is 11.9. The Balaban J connectivity index is 1.59. The fourth-order valence-electron chi connectivity index (χ4n) is 9.45. The van der Waals surface area contributed by atoms with Crippen LogP contribution in [-0.4, -0.2) is 45.7 Å². The molecule has 5 nitrogen and oxygen atoms in total. The first kappa shape index (κ1) is 27.1. The van der Waals surface area contributed by atoms with Crippen LogP contribution >= 0.6 is 0 Å². The van der Waals surface area contributed by atoms with Crippen LogP contribution in [0, 0.1) is 46.3 Å². The molecule has 3 N–H and O–H groups in total. The summed E-state index contributed by atoms with van der Waals surface area (Å²) in [7, 11) is 0. The Bertz CT molecular complexity index is 809. The average molecular weight is 491 g/mol. The average Bonchev–Trinajstić information content (AvgIpc) is 3.14. The van der Waals surface area contributed by atoms with Crippen molar-refractivity contribution in [2.45, 2.75) is 117 Å². The van der Waals surface area contributed by atoms with Crippen LogP contribution in [0.4, 0.5) is 0 Å². The normalized spacial score (nSPS) is 45.9. The van der Waals surface area contributed by atoms with E-state index in [1.165, 1.54) is 31.8 Å². The monoisotopic (exact) mass is 490 g/mol. The van der Waals surface area contributed by atoms with Gasteiger partial charge in [0.15, 0.2) is 0 Å². The van der Waals surface area contributed by atoms with Crippen LogP contribution in [0.1, 0.15) is 98.8 Å². The molecule has 10 atom stereocenters. The molecular weight excluding hydrogens is 440 g/mol. The van der Waals surface area contributed by atoms with E-state index in [-0.39, 0.29) is 30.3 Å². The quantitative estimate of drug-likeness (QED) is 0.335. The topological polar surface area (TPSA) is 87.0 Å². The second kappa shape index (κ2) is 9.76. The van der Waals surface area contributed by atoms with E-state index in [2.05, 4.69) is 34.3 Å². The first-order valence-electron chi connectivity index (χ1n) is 14.2. The van der Waals surface area contributed by atoms with E-state index >= 15 is 0 Å². The van der Waals surface area contributed by atoms with Crippen molar-refractivity contribution in [3.8, 4) is 0 Å². The lowest BCUT2D eigenvalue weighted by Gasteiger charge is -2.65. The summed E-state index contributed by atoms with van der Waals surface area (Å²) >= 11 is 0. The van der Waals surface area contributed by atoms with Crippen molar-refractivity contribution in [1.82, 2.24) is 0 Å². The molecule has 35 heavy (non-hydrogen) atoms. The third-order valence-electron chi connectivity index (χ3n) is 11.6. The van der Waals surface area contributed by atoms with Crippen LogP contribution in [0.3, 0.4) is 0 Å². The second-order valence-electron chi connectivity index (χ2n) is 13.4. The zero-order valence-corrected chi connectivity index (χ0v) is 22.8. The molecular formula is C30H50O5. The fraction of sp³-hybridized carbons (Fsp3) is 0.900. The molecule has 0 amide bonds. The molecule has 0 spiro atoms. The minimum atomic E-state index is -1.41. The molecule has 5 heteroatoms. The third kappa shape index (κ3) is 4.42. The lowest BCUT2D eigenvalue weighted by Crippen LogP contribution is -2.71. The number of hydrogen-bond donors (Lipinski definition) is 3. The maximum atomic E-state index is 11.9. The zero-order valence-electron chi connectivity index (χ0n) is 22.8. The number of allylic oxidation sites excluding steroid dienone is 1. The van der Waals surface area contributed by atoms with Crippen LogP contribution in [0.2, 0.25) is 0 Å². The molecule has 4 aliphatic rings. The van der Waals surface area contributed by atoms with Gasteiger partial charge in [-0.2, -0.15) is 0 Å². The molecule has 4 rings (SSSR count). The molecule has 0 saturated heterocycles. The summed E-state index contributed by atoms with van der Waals surface area (Å²) in [5, 5.41) is 33.8. The van der Waals surface area contributed by atoms with Crippen molar-refractivity contribution in [1.29, 1.82) is 0 Å². The molecule has 200 valence electrons. The number of carbonyl (C=O) groups is 1. The number of aliphatic hydroxyl groups excluding tert-OH is 2. The first-order valence-corrected chi connectivity index (χ1v) is 14.2. The predicted molar refractivity (Wildman–Crippen MR) is 137 cm³/mol.